The summed E-state index contributed by atoms with van der Waals surface area (Å²) in [5.41, 5.74) is 8.39. The highest BCUT2D eigenvalue weighted by Gasteiger charge is 2.14. The third-order valence-electron chi connectivity index (χ3n) is 3.65. The molecule has 0 bridgehead atoms. The second-order valence-corrected chi connectivity index (χ2v) is 5.52. The van der Waals surface area contributed by atoms with E-state index < -0.39 is 12.7 Å². The second-order valence-electron chi connectivity index (χ2n) is 5.52. The van der Waals surface area contributed by atoms with E-state index in [0.717, 1.165) is 11.1 Å². The number of ether oxygens (including phenoxy) is 2. The summed E-state index contributed by atoms with van der Waals surface area (Å²) < 4.78 is 34.5. The summed E-state index contributed by atoms with van der Waals surface area (Å²) in [4.78, 5) is 11.6. The van der Waals surface area contributed by atoms with Crippen molar-refractivity contribution in [2.24, 2.45) is 5.73 Å². The standard InChI is InChI=1S/C19H21F2NO3/c1-2-24-18(23)12-16(22)14-8-5-6-13(10-14)11-15-7-3-4-9-17(15)25-19(20)21/h3-10,16,19H,2,11-12,22H2,1H3/t16-/m0/s1. The predicted octanol–water partition coefficient (Wildman–Crippen LogP) is 3.83. The van der Waals surface area contributed by atoms with Gasteiger partial charge in [0.25, 0.3) is 0 Å². The van der Waals surface area contributed by atoms with Gasteiger partial charge >= 0.3 is 12.6 Å². The number of esters is 1. The van der Waals surface area contributed by atoms with Crippen LogP contribution in [0.2, 0.25) is 0 Å². The van der Waals surface area contributed by atoms with Crippen LogP contribution in [0.4, 0.5) is 8.78 Å². The average Bonchev–Trinajstić information content (AvgIpc) is 2.56. The summed E-state index contributed by atoms with van der Waals surface area (Å²) in [7, 11) is 0. The van der Waals surface area contributed by atoms with Gasteiger partial charge in [0.05, 0.1) is 13.0 Å². The highest BCUT2D eigenvalue weighted by molar-refractivity contribution is 5.70. The molecule has 0 radical (unpaired) electrons. The van der Waals surface area contributed by atoms with E-state index in [1.807, 2.05) is 24.3 Å². The van der Waals surface area contributed by atoms with Crippen LogP contribution >= 0.6 is 0 Å². The van der Waals surface area contributed by atoms with Gasteiger partial charge in [-0.15, -0.1) is 0 Å². The maximum absolute atomic E-state index is 12.5. The minimum atomic E-state index is -2.87. The SMILES string of the molecule is CCOC(=O)C[C@H](N)c1cccc(Cc2ccccc2OC(F)F)c1. The summed E-state index contributed by atoms with van der Waals surface area (Å²) in [5, 5.41) is 0. The lowest BCUT2D eigenvalue weighted by molar-refractivity contribution is -0.143. The summed E-state index contributed by atoms with van der Waals surface area (Å²) in [6.45, 7) is -0.819. The van der Waals surface area contributed by atoms with Crippen molar-refractivity contribution in [2.75, 3.05) is 6.61 Å². The fraction of sp³-hybridized carbons (Fsp3) is 0.316. The molecule has 25 heavy (non-hydrogen) atoms. The van der Waals surface area contributed by atoms with Crippen LogP contribution in [0.15, 0.2) is 48.5 Å². The molecule has 2 aromatic rings. The van der Waals surface area contributed by atoms with Crippen molar-refractivity contribution in [1.29, 1.82) is 0 Å². The van der Waals surface area contributed by atoms with Gasteiger partial charge in [-0.3, -0.25) is 4.79 Å². The van der Waals surface area contributed by atoms with Gasteiger partial charge in [-0.05, 0) is 29.7 Å². The molecule has 0 heterocycles. The topological polar surface area (TPSA) is 61.5 Å². The molecule has 0 aromatic heterocycles. The molecule has 4 nitrogen and oxygen atoms in total. The molecule has 2 rings (SSSR count). The van der Waals surface area contributed by atoms with E-state index in [-0.39, 0.29) is 18.1 Å². The lowest BCUT2D eigenvalue weighted by Gasteiger charge is -2.14. The number of benzene rings is 2. The zero-order valence-corrected chi connectivity index (χ0v) is 14.0. The Morgan fingerprint density at radius 2 is 1.92 bits per heavy atom. The van der Waals surface area contributed by atoms with E-state index in [1.54, 1.807) is 25.1 Å². The van der Waals surface area contributed by atoms with Crippen LogP contribution in [0.5, 0.6) is 5.75 Å². The minimum Gasteiger partial charge on any atom is -0.466 e. The summed E-state index contributed by atoms with van der Waals surface area (Å²) >= 11 is 0. The molecule has 0 saturated carbocycles. The normalized spacial score (nSPS) is 12.0. The largest absolute Gasteiger partial charge is 0.466 e. The van der Waals surface area contributed by atoms with E-state index in [9.17, 15) is 13.6 Å². The highest BCUT2D eigenvalue weighted by atomic mass is 19.3. The number of rotatable bonds is 8. The Bertz CT molecular complexity index is 707. The van der Waals surface area contributed by atoms with E-state index in [4.69, 9.17) is 10.5 Å². The number of nitrogens with two attached hydrogens (primary N) is 1. The van der Waals surface area contributed by atoms with Crippen molar-refractivity contribution in [1.82, 2.24) is 0 Å². The number of carbonyl (C=O) groups excluding carboxylic acids is 1. The molecule has 2 N–H and O–H groups in total. The number of alkyl halides is 2. The molecule has 6 heteroatoms. The molecule has 0 fully saturated rings. The molecular weight excluding hydrogens is 328 g/mol. The molecule has 0 saturated heterocycles. The molecule has 0 aliphatic heterocycles. The quantitative estimate of drug-likeness (QED) is 0.736. The van der Waals surface area contributed by atoms with E-state index in [1.165, 1.54) is 6.07 Å². The summed E-state index contributed by atoms with van der Waals surface area (Å²) in [6.07, 6.45) is 0.505. The van der Waals surface area contributed by atoms with Gasteiger partial charge in [0.15, 0.2) is 0 Å². The van der Waals surface area contributed by atoms with E-state index in [2.05, 4.69) is 4.74 Å². The first-order chi connectivity index (χ1) is 12.0. The van der Waals surface area contributed by atoms with Crippen molar-refractivity contribution in [3.8, 4) is 5.75 Å². The molecule has 0 spiro atoms. The van der Waals surface area contributed by atoms with Gasteiger partial charge < -0.3 is 15.2 Å². The third kappa shape index (κ3) is 5.83. The van der Waals surface area contributed by atoms with Crippen LogP contribution in [0.25, 0.3) is 0 Å². The monoisotopic (exact) mass is 349 g/mol. The predicted molar refractivity (Wildman–Crippen MR) is 90.5 cm³/mol. The Labute approximate surface area is 145 Å². The van der Waals surface area contributed by atoms with Crippen molar-refractivity contribution in [2.45, 2.75) is 32.4 Å². The summed E-state index contributed by atoms with van der Waals surface area (Å²) in [5.74, 6) is -0.199. The molecule has 2 aromatic carbocycles. The maximum atomic E-state index is 12.5. The highest BCUT2D eigenvalue weighted by Crippen LogP contribution is 2.24. The first kappa shape index (κ1) is 18.9. The van der Waals surface area contributed by atoms with Gasteiger partial charge in [0, 0.05) is 12.5 Å². The second kappa shape index (κ2) is 9.13. The van der Waals surface area contributed by atoms with Crippen molar-refractivity contribution in [3.05, 3.63) is 65.2 Å². The number of hydrogen-bond acceptors (Lipinski definition) is 4. The number of carbonyl (C=O) groups is 1. The van der Waals surface area contributed by atoms with E-state index in [0.29, 0.717) is 18.6 Å². The van der Waals surface area contributed by atoms with Gasteiger partial charge in [-0.25, -0.2) is 0 Å². The van der Waals surface area contributed by atoms with Crippen molar-refractivity contribution >= 4 is 5.97 Å². The van der Waals surface area contributed by atoms with Gasteiger partial charge in [0.1, 0.15) is 5.75 Å². The maximum Gasteiger partial charge on any atom is 0.387 e. The Kier molecular flexibility index (Phi) is 6.89. The Hall–Kier alpha value is -2.47. The zero-order valence-electron chi connectivity index (χ0n) is 14.0. The third-order valence-corrected chi connectivity index (χ3v) is 3.65. The fourth-order valence-corrected chi connectivity index (χ4v) is 2.53. The fourth-order valence-electron chi connectivity index (χ4n) is 2.53. The first-order valence-corrected chi connectivity index (χ1v) is 8.02. The number of para-hydroxylation sites is 1. The van der Waals surface area contributed by atoms with Crippen molar-refractivity contribution < 1.29 is 23.0 Å². The van der Waals surface area contributed by atoms with Crippen LogP contribution in [0.1, 0.15) is 36.1 Å². The smallest absolute Gasteiger partial charge is 0.387 e. The lowest BCUT2D eigenvalue weighted by atomic mass is 9.98. The zero-order chi connectivity index (χ0) is 18.2. The van der Waals surface area contributed by atoms with Gasteiger partial charge in [-0.1, -0.05) is 42.5 Å². The number of halogens is 2. The molecule has 0 aliphatic rings. The van der Waals surface area contributed by atoms with E-state index >= 15 is 0 Å². The van der Waals surface area contributed by atoms with Crippen LogP contribution in [0.3, 0.4) is 0 Å². The van der Waals surface area contributed by atoms with Crippen LogP contribution in [-0.2, 0) is 16.0 Å². The minimum absolute atomic E-state index is 0.0857. The Morgan fingerprint density at radius 1 is 1.16 bits per heavy atom. The van der Waals surface area contributed by atoms with Gasteiger partial charge in [-0.2, -0.15) is 8.78 Å². The number of hydrogen-bond donors (Lipinski definition) is 1. The molecule has 1 atom stereocenters. The van der Waals surface area contributed by atoms with Crippen LogP contribution < -0.4 is 10.5 Å². The van der Waals surface area contributed by atoms with Crippen molar-refractivity contribution in [3.63, 3.8) is 0 Å². The van der Waals surface area contributed by atoms with Crippen LogP contribution in [0, 0.1) is 0 Å². The van der Waals surface area contributed by atoms with Gasteiger partial charge in [0.2, 0.25) is 0 Å². The lowest BCUT2D eigenvalue weighted by Crippen LogP contribution is -2.17. The molecule has 134 valence electrons. The Balaban J connectivity index is 2.13. The Morgan fingerprint density at radius 3 is 2.64 bits per heavy atom. The first-order valence-electron chi connectivity index (χ1n) is 8.02. The summed E-state index contributed by atoms with van der Waals surface area (Å²) in [6, 6.07) is 13.6. The molecule has 0 unspecified atom stereocenters. The average molecular weight is 349 g/mol. The molecule has 0 aliphatic carbocycles. The molecular formula is C19H21F2NO3. The van der Waals surface area contributed by atoms with Crippen LogP contribution in [-0.4, -0.2) is 19.2 Å². The molecule has 0 amide bonds.